The number of aromatic amines is 1. The maximum absolute atomic E-state index is 4.64. The van der Waals surface area contributed by atoms with Gasteiger partial charge in [0.15, 0.2) is 0 Å². The number of hydrogen-bond donors (Lipinski definition) is 1. The van der Waals surface area contributed by atoms with Gasteiger partial charge in [-0.15, -0.1) is 0 Å². The zero-order valence-electron chi connectivity index (χ0n) is 9.95. The van der Waals surface area contributed by atoms with Gasteiger partial charge in [-0.25, -0.2) is 4.98 Å². The van der Waals surface area contributed by atoms with Crippen LogP contribution in [0.2, 0.25) is 0 Å². The highest BCUT2D eigenvalue weighted by Gasteiger charge is 2.08. The molecule has 0 aliphatic heterocycles. The van der Waals surface area contributed by atoms with Crippen molar-refractivity contribution in [1.82, 2.24) is 9.97 Å². The molecule has 0 unspecified atom stereocenters. The molecule has 3 aromatic rings. The molecule has 0 aliphatic carbocycles. The molecule has 0 radical (unpaired) electrons. The first-order valence-electron chi connectivity index (χ1n) is 5.79. The number of nitrogens with one attached hydrogen (secondary N) is 1. The molecule has 1 N–H and O–H groups in total. The predicted molar refractivity (Wildman–Crippen MR) is 73.5 cm³/mol. The van der Waals surface area contributed by atoms with Crippen molar-refractivity contribution in [2.45, 2.75) is 20.3 Å². The maximum Gasteiger partial charge on any atom is 0.139 e. The van der Waals surface area contributed by atoms with Gasteiger partial charge >= 0.3 is 0 Å². The van der Waals surface area contributed by atoms with E-state index in [1.807, 2.05) is 0 Å². The van der Waals surface area contributed by atoms with Gasteiger partial charge in [-0.3, -0.25) is 0 Å². The third-order valence-electron chi connectivity index (χ3n) is 3.07. The third-order valence-corrected chi connectivity index (χ3v) is 3.93. The lowest BCUT2D eigenvalue weighted by Gasteiger charge is -1.94. The quantitative estimate of drug-likeness (QED) is 0.718. The number of aromatic nitrogens is 2. The monoisotopic (exact) mass is 242 g/mol. The fraction of sp³-hybridized carbons (Fsp3) is 0.214. The zero-order chi connectivity index (χ0) is 11.8. The summed E-state index contributed by atoms with van der Waals surface area (Å²) in [6, 6.07) is 6.43. The number of H-pyrrole nitrogens is 1. The van der Waals surface area contributed by atoms with E-state index in [0.29, 0.717) is 0 Å². The third kappa shape index (κ3) is 1.76. The smallest absolute Gasteiger partial charge is 0.139 e. The molecule has 0 atom stereocenters. The van der Waals surface area contributed by atoms with Crippen molar-refractivity contribution in [1.29, 1.82) is 0 Å². The Hall–Kier alpha value is -1.61. The zero-order valence-corrected chi connectivity index (χ0v) is 10.8. The van der Waals surface area contributed by atoms with Gasteiger partial charge in [0.2, 0.25) is 0 Å². The summed E-state index contributed by atoms with van der Waals surface area (Å²) in [7, 11) is 0. The number of benzene rings is 1. The Morgan fingerprint density at radius 3 is 2.88 bits per heavy atom. The van der Waals surface area contributed by atoms with Crippen LogP contribution in [-0.4, -0.2) is 9.97 Å². The molecule has 17 heavy (non-hydrogen) atoms. The van der Waals surface area contributed by atoms with Crippen LogP contribution in [0.1, 0.15) is 18.1 Å². The second-order valence-electron chi connectivity index (χ2n) is 4.26. The maximum atomic E-state index is 4.64. The van der Waals surface area contributed by atoms with Crippen molar-refractivity contribution in [3.63, 3.8) is 0 Å². The van der Waals surface area contributed by atoms with Crippen molar-refractivity contribution >= 4 is 22.4 Å². The van der Waals surface area contributed by atoms with Crippen LogP contribution in [0.5, 0.6) is 0 Å². The van der Waals surface area contributed by atoms with Crippen LogP contribution in [0.4, 0.5) is 0 Å². The molecule has 0 spiro atoms. The van der Waals surface area contributed by atoms with E-state index < -0.39 is 0 Å². The minimum Gasteiger partial charge on any atom is -0.338 e. The molecule has 3 heteroatoms. The van der Waals surface area contributed by atoms with Gasteiger partial charge in [0, 0.05) is 10.9 Å². The molecular weight excluding hydrogens is 228 g/mol. The number of aryl methyl sites for hydroxylation is 2. The van der Waals surface area contributed by atoms with E-state index in [-0.39, 0.29) is 0 Å². The average molecular weight is 242 g/mol. The highest BCUT2D eigenvalue weighted by Crippen LogP contribution is 2.26. The molecule has 2 nitrogen and oxygen atoms in total. The lowest BCUT2D eigenvalue weighted by molar-refractivity contribution is 1.14. The molecular formula is C14H14N2S. The lowest BCUT2D eigenvalue weighted by atomic mass is 10.1. The summed E-state index contributed by atoms with van der Waals surface area (Å²) >= 11 is 1.72. The molecule has 0 saturated carbocycles. The van der Waals surface area contributed by atoms with Crippen LogP contribution in [0.25, 0.3) is 22.4 Å². The highest BCUT2D eigenvalue weighted by atomic mass is 32.1. The highest BCUT2D eigenvalue weighted by molar-refractivity contribution is 7.08. The SMILES string of the molecule is CCc1ccc2nc(-c3cscc3C)[nH]c2c1. The van der Waals surface area contributed by atoms with Gasteiger partial charge in [0.1, 0.15) is 5.82 Å². The molecule has 2 aromatic heterocycles. The topological polar surface area (TPSA) is 28.7 Å². The van der Waals surface area contributed by atoms with E-state index in [4.69, 9.17) is 0 Å². The fourth-order valence-electron chi connectivity index (χ4n) is 2.01. The number of thiophene rings is 1. The number of rotatable bonds is 2. The fourth-order valence-corrected chi connectivity index (χ4v) is 2.84. The first-order valence-corrected chi connectivity index (χ1v) is 6.74. The van der Waals surface area contributed by atoms with Crippen LogP contribution >= 0.6 is 11.3 Å². The number of imidazole rings is 1. The van der Waals surface area contributed by atoms with Gasteiger partial charge in [-0.1, -0.05) is 13.0 Å². The number of fused-ring (bicyclic) bond motifs is 1. The molecule has 86 valence electrons. The van der Waals surface area contributed by atoms with E-state index in [1.54, 1.807) is 11.3 Å². The first-order chi connectivity index (χ1) is 8.28. The van der Waals surface area contributed by atoms with Crippen molar-refractivity contribution in [3.8, 4) is 11.4 Å². The molecule has 0 bridgehead atoms. The minimum absolute atomic E-state index is 0.979. The second kappa shape index (κ2) is 4.00. The Labute approximate surface area is 104 Å². The van der Waals surface area contributed by atoms with E-state index >= 15 is 0 Å². The predicted octanol–water partition coefficient (Wildman–Crippen LogP) is 4.16. The largest absolute Gasteiger partial charge is 0.338 e. The summed E-state index contributed by atoms with van der Waals surface area (Å²) in [5.41, 5.74) is 6.01. The standard InChI is InChI=1S/C14H14N2S/c1-3-10-4-5-12-13(6-10)16-14(15-12)11-8-17-7-9(11)2/h4-8H,3H2,1-2H3,(H,15,16). The van der Waals surface area contributed by atoms with Gasteiger partial charge in [-0.2, -0.15) is 11.3 Å². The van der Waals surface area contributed by atoms with Crippen LogP contribution in [0.3, 0.4) is 0 Å². The molecule has 0 fully saturated rings. The van der Waals surface area contributed by atoms with E-state index in [0.717, 1.165) is 23.3 Å². The minimum atomic E-state index is 0.979. The van der Waals surface area contributed by atoms with E-state index in [1.165, 1.54) is 16.7 Å². The summed E-state index contributed by atoms with van der Waals surface area (Å²) in [6.45, 7) is 4.29. The van der Waals surface area contributed by atoms with Crippen molar-refractivity contribution < 1.29 is 0 Å². The average Bonchev–Trinajstić information content (AvgIpc) is 2.93. The van der Waals surface area contributed by atoms with E-state index in [2.05, 4.69) is 52.8 Å². The molecule has 0 saturated heterocycles. The summed E-state index contributed by atoms with van der Waals surface area (Å²) < 4.78 is 0. The van der Waals surface area contributed by atoms with Crippen molar-refractivity contribution in [3.05, 3.63) is 40.1 Å². The Kier molecular flexibility index (Phi) is 2.48. The van der Waals surface area contributed by atoms with Gasteiger partial charge in [0.25, 0.3) is 0 Å². The van der Waals surface area contributed by atoms with Gasteiger partial charge < -0.3 is 4.98 Å². The number of hydrogen-bond acceptors (Lipinski definition) is 2. The first kappa shape index (κ1) is 10.5. The normalized spacial score (nSPS) is 11.2. The van der Waals surface area contributed by atoms with Crippen LogP contribution in [0, 0.1) is 6.92 Å². The lowest BCUT2D eigenvalue weighted by Crippen LogP contribution is -1.79. The molecule has 2 heterocycles. The summed E-state index contributed by atoms with van der Waals surface area (Å²) in [4.78, 5) is 8.05. The van der Waals surface area contributed by atoms with Crippen molar-refractivity contribution in [2.24, 2.45) is 0 Å². The van der Waals surface area contributed by atoms with Crippen molar-refractivity contribution in [2.75, 3.05) is 0 Å². The Bertz CT molecular complexity index is 664. The van der Waals surface area contributed by atoms with Crippen LogP contribution in [0.15, 0.2) is 29.0 Å². The molecule has 1 aromatic carbocycles. The Morgan fingerprint density at radius 2 is 2.18 bits per heavy atom. The summed E-state index contributed by atoms with van der Waals surface area (Å²) in [5.74, 6) is 0.979. The Morgan fingerprint density at radius 1 is 1.29 bits per heavy atom. The molecule has 3 rings (SSSR count). The summed E-state index contributed by atoms with van der Waals surface area (Å²) in [6.07, 6.45) is 1.06. The molecule has 0 aliphatic rings. The van der Waals surface area contributed by atoms with Crippen LogP contribution in [-0.2, 0) is 6.42 Å². The van der Waals surface area contributed by atoms with E-state index in [9.17, 15) is 0 Å². The summed E-state index contributed by atoms with van der Waals surface area (Å²) in [5, 5.41) is 4.30. The Balaban J connectivity index is 2.17. The van der Waals surface area contributed by atoms with Crippen LogP contribution < -0.4 is 0 Å². The van der Waals surface area contributed by atoms with Gasteiger partial charge in [-0.05, 0) is 42.0 Å². The van der Waals surface area contributed by atoms with Gasteiger partial charge in [0.05, 0.1) is 11.0 Å². The number of nitrogens with zero attached hydrogens (tertiary/aromatic N) is 1. The second-order valence-corrected chi connectivity index (χ2v) is 5.00. The molecule has 0 amide bonds.